The van der Waals surface area contributed by atoms with Crippen molar-refractivity contribution in [3.8, 4) is 0 Å². The van der Waals surface area contributed by atoms with Crippen molar-refractivity contribution in [2.24, 2.45) is 0 Å². The molecule has 0 aromatic heterocycles. The van der Waals surface area contributed by atoms with Crippen molar-refractivity contribution in [2.45, 2.75) is 4.83 Å². The number of carbonyl (C=O) groups is 2. The van der Waals surface area contributed by atoms with Crippen molar-refractivity contribution in [2.75, 3.05) is 13.7 Å². The minimum absolute atomic E-state index is 0.102. The van der Waals surface area contributed by atoms with E-state index in [1.54, 1.807) is 6.07 Å². The van der Waals surface area contributed by atoms with E-state index in [1.165, 1.54) is 19.2 Å². The molecule has 0 aliphatic carbocycles. The van der Waals surface area contributed by atoms with Gasteiger partial charge in [-0.3, -0.25) is 9.59 Å². The van der Waals surface area contributed by atoms with Crippen molar-refractivity contribution in [3.63, 3.8) is 0 Å². The number of rotatable bonds is 4. The number of esters is 1. The number of ether oxygens (including phenoxy) is 1. The van der Waals surface area contributed by atoms with Crippen molar-refractivity contribution < 1.29 is 14.3 Å². The molecule has 0 aliphatic heterocycles. The molecule has 0 spiro atoms. The molecule has 1 atom stereocenters. The number of amides is 1. The van der Waals surface area contributed by atoms with Gasteiger partial charge in [0.15, 0.2) is 0 Å². The standard InChI is InChI=1S/C11H10BrCl2NO3/c1-18-11(17)8(12)5-15-10(16)7-3-2-6(13)4-9(7)14/h2-4,8H,5H2,1H3,(H,15,16). The van der Waals surface area contributed by atoms with E-state index in [2.05, 4.69) is 26.0 Å². The smallest absolute Gasteiger partial charge is 0.321 e. The van der Waals surface area contributed by atoms with Gasteiger partial charge in [0.1, 0.15) is 4.83 Å². The van der Waals surface area contributed by atoms with Gasteiger partial charge in [-0.05, 0) is 18.2 Å². The van der Waals surface area contributed by atoms with E-state index in [0.29, 0.717) is 10.6 Å². The van der Waals surface area contributed by atoms with Crippen LogP contribution in [0.5, 0.6) is 0 Å². The summed E-state index contributed by atoms with van der Waals surface area (Å²) in [6.45, 7) is 0.102. The number of methoxy groups -OCH3 is 1. The summed E-state index contributed by atoms with van der Waals surface area (Å²) < 4.78 is 4.51. The summed E-state index contributed by atoms with van der Waals surface area (Å²) in [7, 11) is 1.27. The maximum Gasteiger partial charge on any atom is 0.321 e. The van der Waals surface area contributed by atoms with Crippen LogP contribution in [0.3, 0.4) is 0 Å². The Labute approximate surface area is 123 Å². The number of halogens is 3. The van der Waals surface area contributed by atoms with Crippen molar-refractivity contribution in [3.05, 3.63) is 33.8 Å². The number of nitrogens with one attached hydrogen (secondary N) is 1. The van der Waals surface area contributed by atoms with Gasteiger partial charge < -0.3 is 10.1 Å². The van der Waals surface area contributed by atoms with E-state index in [9.17, 15) is 9.59 Å². The molecule has 1 unspecified atom stereocenters. The molecule has 98 valence electrons. The Kier molecular flexibility index (Phi) is 5.91. The summed E-state index contributed by atoms with van der Waals surface area (Å²) in [5, 5.41) is 3.26. The summed E-state index contributed by atoms with van der Waals surface area (Å²) >= 11 is 14.7. The van der Waals surface area contributed by atoms with E-state index < -0.39 is 10.8 Å². The summed E-state index contributed by atoms with van der Waals surface area (Å²) in [6, 6.07) is 4.56. The molecule has 0 aliphatic rings. The normalized spacial score (nSPS) is 11.8. The van der Waals surface area contributed by atoms with Crippen molar-refractivity contribution in [1.82, 2.24) is 5.32 Å². The second-order valence-electron chi connectivity index (χ2n) is 3.32. The Balaban J connectivity index is 2.63. The quantitative estimate of drug-likeness (QED) is 0.668. The molecule has 7 heteroatoms. The van der Waals surface area contributed by atoms with Gasteiger partial charge in [-0.25, -0.2) is 0 Å². The van der Waals surface area contributed by atoms with Crippen LogP contribution in [0, 0.1) is 0 Å². The predicted molar refractivity (Wildman–Crippen MR) is 73.5 cm³/mol. The van der Waals surface area contributed by atoms with E-state index in [-0.39, 0.29) is 17.5 Å². The largest absolute Gasteiger partial charge is 0.468 e. The Morgan fingerprint density at radius 1 is 1.44 bits per heavy atom. The minimum atomic E-state index is -0.600. The molecule has 1 aromatic carbocycles. The molecule has 0 heterocycles. The van der Waals surface area contributed by atoms with Crippen LogP contribution < -0.4 is 5.32 Å². The molecule has 18 heavy (non-hydrogen) atoms. The zero-order valence-electron chi connectivity index (χ0n) is 9.38. The van der Waals surface area contributed by atoms with Gasteiger partial charge >= 0.3 is 5.97 Å². The molecular weight excluding hydrogens is 345 g/mol. The fourth-order valence-electron chi connectivity index (χ4n) is 1.16. The molecule has 1 rings (SSSR count). The number of carbonyl (C=O) groups excluding carboxylic acids is 2. The van der Waals surface area contributed by atoms with E-state index in [0.717, 1.165) is 0 Å². The van der Waals surface area contributed by atoms with E-state index in [1.807, 2.05) is 0 Å². The molecular formula is C11H10BrCl2NO3. The van der Waals surface area contributed by atoms with Gasteiger partial charge in [-0.15, -0.1) is 0 Å². The lowest BCUT2D eigenvalue weighted by atomic mass is 10.2. The van der Waals surface area contributed by atoms with Gasteiger partial charge in [0, 0.05) is 11.6 Å². The van der Waals surface area contributed by atoms with Crippen LogP contribution in [0.2, 0.25) is 10.0 Å². The Morgan fingerprint density at radius 2 is 2.11 bits per heavy atom. The number of alkyl halides is 1. The van der Waals surface area contributed by atoms with Crippen molar-refractivity contribution >= 4 is 51.0 Å². The molecule has 1 N–H and O–H groups in total. The van der Waals surface area contributed by atoms with Crippen LogP contribution in [-0.4, -0.2) is 30.4 Å². The fraction of sp³-hybridized carbons (Fsp3) is 0.273. The summed E-state index contributed by atoms with van der Waals surface area (Å²) in [5.41, 5.74) is 0.297. The van der Waals surface area contributed by atoms with Gasteiger partial charge in [0.05, 0.1) is 17.7 Å². The second kappa shape index (κ2) is 6.97. The molecule has 0 saturated carbocycles. The lowest BCUT2D eigenvalue weighted by Gasteiger charge is -2.10. The number of hydrogen-bond acceptors (Lipinski definition) is 3. The van der Waals surface area contributed by atoms with Gasteiger partial charge in [-0.2, -0.15) is 0 Å². The molecule has 0 bridgehead atoms. The number of hydrogen-bond donors (Lipinski definition) is 1. The van der Waals surface area contributed by atoms with E-state index in [4.69, 9.17) is 23.2 Å². The Bertz CT molecular complexity index is 468. The third-order valence-electron chi connectivity index (χ3n) is 2.07. The van der Waals surface area contributed by atoms with Crippen LogP contribution in [0.1, 0.15) is 10.4 Å². The lowest BCUT2D eigenvalue weighted by molar-refractivity contribution is -0.139. The zero-order valence-corrected chi connectivity index (χ0v) is 12.5. The van der Waals surface area contributed by atoms with Crippen LogP contribution in [0.25, 0.3) is 0 Å². The van der Waals surface area contributed by atoms with Crippen LogP contribution in [0.15, 0.2) is 18.2 Å². The molecule has 0 saturated heterocycles. The highest BCUT2D eigenvalue weighted by molar-refractivity contribution is 9.10. The molecule has 1 amide bonds. The Hall–Kier alpha value is -0.780. The highest BCUT2D eigenvalue weighted by Gasteiger charge is 2.17. The van der Waals surface area contributed by atoms with Gasteiger partial charge in [0.25, 0.3) is 5.91 Å². The second-order valence-corrected chi connectivity index (χ2v) is 5.27. The molecule has 1 aromatic rings. The fourth-order valence-corrected chi connectivity index (χ4v) is 2.01. The Morgan fingerprint density at radius 3 is 2.67 bits per heavy atom. The summed E-state index contributed by atoms with van der Waals surface area (Å²) in [4.78, 5) is 22.3. The first kappa shape index (κ1) is 15.3. The first-order valence-corrected chi connectivity index (χ1v) is 6.58. The predicted octanol–water partition coefficient (Wildman–Crippen LogP) is 2.66. The minimum Gasteiger partial charge on any atom is -0.468 e. The van der Waals surface area contributed by atoms with Gasteiger partial charge in [0.2, 0.25) is 0 Å². The number of benzene rings is 1. The summed E-state index contributed by atoms with van der Waals surface area (Å²) in [5.74, 6) is -0.845. The zero-order chi connectivity index (χ0) is 13.7. The molecule has 0 fully saturated rings. The monoisotopic (exact) mass is 353 g/mol. The van der Waals surface area contributed by atoms with Crippen LogP contribution in [0.4, 0.5) is 0 Å². The molecule has 4 nitrogen and oxygen atoms in total. The third kappa shape index (κ3) is 4.15. The first-order valence-electron chi connectivity index (χ1n) is 4.91. The maximum absolute atomic E-state index is 11.8. The highest BCUT2D eigenvalue weighted by atomic mass is 79.9. The SMILES string of the molecule is COC(=O)C(Br)CNC(=O)c1ccc(Cl)cc1Cl. The summed E-state index contributed by atoms with van der Waals surface area (Å²) in [6.07, 6.45) is 0. The van der Waals surface area contributed by atoms with Crippen LogP contribution in [-0.2, 0) is 9.53 Å². The molecule has 0 radical (unpaired) electrons. The van der Waals surface area contributed by atoms with E-state index >= 15 is 0 Å². The average molecular weight is 355 g/mol. The lowest BCUT2D eigenvalue weighted by Crippen LogP contribution is -2.34. The maximum atomic E-state index is 11.8. The topological polar surface area (TPSA) is 55.4 Å². The third-order valence-corrected chi connectivity index (χ3v) is 3.32. The first-order chi connectivity index (χ1) is 8.45. The highest BCUT2D eigenvalue weighted by Crippen LogP contribution is 2.20. The average Bonchev–Trinajstić information content (AvgIpc) is 2.34. The van der Waals surface area contributed by atoms with Crippen LogP contribution >= 0.6 is 39.1 Å². The van der Waals surface area contributed by atoms with Crippen molar-refractivity contribution in [1.29, 1.82) is 0 Å². The van der Waals surface area contributed by atoms with Gasteiger partial charge in [-0.1, -0.05) is 39.1 Å².